The highest BCUT2D eigenvalue weighted by Crippen LogP contribution is 2.34. The van der Waals surface area contributed by atoms with Crippen molar-refractivity contribution in [3.05, 3.63) is 16.1 Å². The summed E-state index contributed by atoms with van der Waals surface area (Å²) in [6.07, 6.45) is 1.18. The molecule has 0 fully saturated rings. The van der Waals surface area contributed by atoms with Crippen LogP contribution in [-0.2, 0) is 6.54 Å². The zero-order valence-electron chi connectivity index (χ0n) is 8.88. The minimum atomic E-state index is 0.406. The van der Waals surface area contributed by atoms with E-state index in [1.165, 1.54) is 11.4 Å². The van der Waals surface area contributed by atoms with Crippen LogP contribution in [0.15, 0.2) is 5.38 Å². The third-order valence-corrected chi connectivity index (χ3v) is 4.92. The molecule has 0 saturated heterocycles. The Hall–Kier alpha value is 0.0700. The molecule has 0 aliphatic heterocycles. The Morgan fingerprint density at radius 2 is 2.36 bits per heavy atom. The molecule has 1 heterocycles. The van der Waals surface area contributed by atoms with Crippen LogP contribution in [0.2, 0.25) is 0 Å². The van der Waals surface area contributed by atoms with Crippen LogP contribution in [0, 0.1) is 5.92 Å². The molecule has 4 heteroatoms. The molecular weight excluding hydrogens is 260 g/mol. The average Bonchev–Trinajstić information content (AvgIpc) is 2.64. The first-order valence-electron chi connectivity index (χ1n) is 4.92. The van der Waals surface area contributed by atoms with Gasteiger partial charge in [-0.25, -0.2) is 4.98 Å². The number of nitrogens with one attached hydrogen (secondary N) is 1. The van der Waals surface area contributed by atoms with E-state index in [4.69, 9.17) is 0 Å². The summed E-state index contributed by atoms with van der Waals surface area (Å²) in [5, 5.41) is 6.43. The van der Waals surface area contributed by atoms with Gasteiger partial charge in [-0.3, -0.25) is 0 Å². The molecular formula is C10H17BrN2S. The summed E-state index contributed by atoms with van der Waals surface area (Å²) in [7, 11) is 1.94. The van der Waals surface area contributed by atoms with Crippen LogP contribution in [0.25, 0.3) is 0 Å². The van der Waals surface area contributed by atoms with Crippen molar-refractivity contribution in [2.24, 2.45) is 5.92 Å². The molecule has 14 heavy (non-hydrogen) atoms. The number of aromatic nitrogens is 1. The molecule has 1 rings (SSSR count). The van der Waals surface area contributed by atoms with Crippen molar-refractivity contribution in [2.45, 2.75) is 31.6 Å². The Balaban J connectivity index is 2.65. The average molecular weight is 277 g/mol. The molecule has 0 spiro atoms. The molecule has 0 radical (unpaired) electrons. The van der Waals surface area contributed by atoms with Gasteiger partial charge < -0.3 is 5.32 Å². The molecule has 1 aromatic heterocycles. The summed E-state index contributed by atoms with van der Waals surface area (Å²) >= 11 is 5.45. The van der Waals surface area contributed by atoms with Crippen molar-refractivity contribution in [1.29, 1.82) is 0 Å². The van der Waals surface area contributed by atoms with Gasteiger partial charge in [-0.05, 0) is 13.0 Å². The molecule has 0 aliphatic carbocycles. The van der Waals surface area contributed by atoms with E-state index in [9.17, 15) is 0 Å². The van der Waals surface area contributed by atoms with E-state index in [0.29, 0.717) is 10.7 Å². The van der Waals surface area contributed by atoms with E-state index in [-0.39, 0.29) is 0 Å². The Labute approximate surface area is 98.3 Å². The molecule has 0 amide bonds. The van der Waals surface area contributed by atoms with Crippen LogP contribution in [0.1, 0.15) is 35.8 Å². The molecule has 0 bridgehead atoms. The fourth-order valence-electron chi connectivity index (χ4n) is 1.16. The van der Waals surface area contributed by atoms with Gasteiger partial charge in [0.05, 0.1) is 10.5 Å². The summed E-state index contributed by atoms with van der Waals surface area (Å²) in [5.74, 6) is 0.642. The second-order valence-corrected chi connectivity index (χ2v) is 5.37. The van der Waals surface area contributed by atoms with Crippen molar-refractivity contribution in [1.82, 2.24) is 10.3 Å². The number of nitrogens with zero attached hydrogens (tertiary/aromatic N) is 1. The summed E-state index contributed by atoms with van der Waals surface area (Å²) < 4.78 is 0. The van der Waals surface area contributed by atoms with Gasteiger partial charge >= 0.3 is 0 Å². The smallest absolute Gasteiger partial charge is 0.107 e. The first-order valence-corrected chi connectivity index (χ1v) is 6.71. The van der Waals surface area contributed by atoms with Crippen molar-refractivity contribution >= 4 is 27.3 Å². The van der Waals surface area contributed by atoms with Gasteiger partial charge in [0, 0.05) is 11.9 Å². The highest BCUT2D eigenvalue weighted by atomic mass is 79.9. The number of rotatable bonds is 5. The monoisotopic (exact) mass is 276 g/mol. The molecule has 2 atom stereocenters. The molecule has 2 nitrogen and oxygen atoms in total. The van der Waals surface area contributed by atoms with Crippen molar-refractivity contribution in [3.63, 3.8) is 0 Å². The zero-order valence-corrected chi connectivity index (χ0v) is 11.3. The summed E-state index contributed by atoms with van der Waals surface area (Å²) in [6.45, 7) is 5.32. The van der Waals surface area contributed by atoms with E-state index in [1.54, 1.807) is 11.3 Å². The SMILES string of the molecule is CCC(C)C(Br)c1nc(CNC)cs1. The van der Waals surface area contributed by atoms with Crippen LogP contribution in [0.5, 0.6) is 0 Å². The lowest BCUT2D eigenvalue weighted by molar-refractivity contribution is 0.553. The molecule has 0 aromatic carbocycles. The Morgan fingerprint density at radius 1 is 1.64 bits per heavy atom. The maximum absolute atomic E-state index is 4.58. The largest absolute Gasteiger partial charge is 0.314 e. The molecule has 1 aromatic rings. The first kappa shape index (κ1) is 12.1. The van der Waals surface area contributed by atoms with E-state index in [2.05, 4.69) is 45.5 Å². The minimum absolute atomic E-state index is 0.406. The number of hydrogen-bond donors (Lipinski definition) is 1. The molecule has 2 unspecified atom stereocenters. The van der Waals surface area contributed by atoms with Crippen LogP contribution in [0.4, 0.5) is 0 Å². The lowest BCUT2D eigenvalue weighted by Gasteiger charge is -2.13. The quantitative estimate of drug-likeness (QED) is 0.835. The second kappa shape index (κ2) is 5.83. The van der Waals surface area contributed by atoms with Gasteiger partial charge in [-0.1, -0.05) is 36.2 Å². The third-order valence-electron chi connectivity index (χ3n) is 2.31. The lowest BCUT2D eigenvalue weighted by Crippen LogP contribution is -2.06. The Kier molecular flexibility index (Phi) is 5.06. The standard InChI is InChI=1S/C10H17BrN2S/c1-4-7(2)9(11)10-13-8(5-12-3)6-14-10/h6-7,9,12H,4-5H2,1-3H3. The van der Waals surface area contributed by atoms with Gasteiger partial charge in [-0.2, -0.15) is 0 Å². The number of hydrogen-bond acceptors (Lipinski definition) is 3. The van der Waals surface area contributed by atoms with Crippen LogP contribution in [0.3, 0.4) is 0 Å². The predicted molar refractivity (Wildman–Crippen MR) is 66.0 cm³/mol. The molecule has 0 saturated carbocycles. The second-order valence-electron chi connectivity index (χ2n) is 3.49. The van der Waals surface area contributed by atoms with E-state index < -0.39 is 0 Å². The first-order chi connectivity index (χ1) is 6.69. The van der Waals surface area contributed by atoms with E-state index >= 15 is 0 Å². The van der Waals surface area contributed by atoms with Gasteiger partial charge in [0.25, 0.3) is 0 Å². The topological polar surface area (TPSA) is 24.9 Å². The van der Waals surface area contributed by atoms with Gasteiger partial charge in [-0.15, -0.1) is 11.3 Å². The minimum Gasteiger partial charge on any atom is -0.314 e. The maximum Gasteiger partial charge on any atom is 0.107 e. The van der Waals surface area contributed by atoms with Crippen LogP contribution in [-0.4, -0.2) is 12.0 Å². The fourth-order valence-corrected chi connectivity index (χ4v) is 2.89. The van der Waals surface area contributed by atoms with Gasteiger partial charge in [0.2, 0.25) is 0 Å². The molecule has 0 aliphatic rings. The molecule has 80 valence electrons. The van der Waals surface area contributed by atoms with Crippen molar-refractivity contribution in [3.8, 4) is 0 Å². The van der Waals surface area contributed by atoms with E-state index in [0.717, 1.165) is 12.2 Å². The maximum atomic E-state index is 4.58. The van der Waals surface area contributed by atoms with Gasteiger partial charge in [0.1, 0.15) is 5.01 Å². The highest BCUT2D eigenvalue weighted by molar-refractivity contribution is 9.09. The number of thiazole rings is 1. The summed E-state index contributed by atoms with van der Waals surface area (Å²) in [4.78, 5) is 4.98. The third kappa shape index (κ3) is 3.04. The van der Waals surface area contributed by atoms with Gasteiger partial charge in [0.15, 0.2) is 0 Å². The number of alkyl halides is 1. The van der Waals surface area contributed by atoms with Crippen LogP contribution >= 0.6 is 27.3 Å². The fraction of sp³-hybridized carbons (Fsp3) is 0.700. The van der Waals surface area contributed by atoms with E-state index in [1.807, 2.05) is 7.05 Å². The molecule has 1 N–H and O–H groups in total. The Bertz CT molecular complexity index is 275. The predicted octanol–water partition coefficient (Wildman–Crippen LogP) is 3.34. The van der Waals surface area contributed by atoms with Crippen LogP contribution < -0.4 is 5.32 Å². The Morgan fingerprint density at radius 3 is 2.93 bits per heavy atom. The zero-order chi connectivity index (χ0) is 10.6. The number of halogens is 1. The normalized spacial score (nSPS) is 15.4. The summed E-state index contributed by atoms with van der Waals surface area (Å²) in [5.41, 5.74) is 1.14. The highest BCUT2D eigenvalue weighted by Gasteiger charge is 2.17. The van der Waals surface area contributed by atoms with Crippen molar-refractivity contribution in [2.75, 3.05) is 7.05 Å². The summed E-state index contributed by atoms with van der Waals surface area (Å²) in [6, 6.07) is 0. The van der Waals surface area contributed by atoms with Crippen molar-refractivity contribution < 1.29 is 0 Å². The lowest BCUT2D eigenvalue weighted by atomic mass is 10.1.